The van der Waals surface area contributed by atoms with Crippen LogP contribution in [0.3, 0.4) is 0 Å². The van der Waals surface area contributed by atoms with Crippen LogP contribution in [-0.2, 0) is 4.74 Å². The van der Waals surface area contributed by atoms with Crippen LogP contribution in [0.2, 0.25) is 0 Å². The van der Waals surface area contributed by atoms with Gasteiger partial charge in [0, 0.05) is 30.8 Å². The minimum atomic E-state index is -0.180. The van der Waals surface area contributed by atoms with Crippen molar-refractivity contribution in [3.63, 3.8) is 0 Å². The molecular weight excluding hydrogens is 249 g/mol. The summed E-state index contributed by atoms with van der Waals surface area (Å²) in [7, 11) is 3.95. The molecule has 0 aromatic heterocycles. The van der Waals surface area contributed by atoms with E-state index in [-0.39, 0.29) is 11.4 Å². The third-order valence-corrected chi connectivity index (χ3v) is 4.92. The Labute approximate surface area is 113 Å². The van der Waals surface area contributed by atoms with E-state index in [2.05, 4.69) is 11.9 Å². The average molecular weight is 269 g/mol. The van der Waals surface area contributed by atoms with Gasteiger partial charge in [-0.15, -0.1) is 11.8 Å². The molecule has 0 radical (unpaired) electrons. The molecule has 1 aliphatic rings. The predicted octanol–water partition coefficient (Wildman–Crippen LogP) is 3.03. The predicted molar refractivity (Wildman–Crippen MR) is 73.6 cm³/mol. The van der Waals surface area contributed by atoms with Crippen LogP contribution in [0.25, 0.3) is 0 Å². The first-order valence-corrected chi connectivity index (χ1v) is 7.24. The van der Waals surface area contributed by atoms with E-state index in [9.17, 15) is 4.39 Å². The second-order valence-electron chi connectivity index (χ2n) is 4.93. The van der Waals surface area contributed by atoms with E-state index >= 15 is 0 Å². The van der Waals surface area contributed by atoms with E-state index in [0.717, 1.165) is 36.6 Å². The fourth-order valence-electron chi connectivity index (χ4n) is 2.18. The van der Waals surface area contributed by atoms with Crippen molar-refractivity contribution in [3.8, 4) is 0 Å². The lowest BCUT2D eigenvalue weighted by Crippen LogP contribution is -2.45. The highest BCUT2D eigenvalue weighted by Crippen LogP contribution is 2.32. The summed E-state index contributed by atoms with van der Waals surface area (Å²) in [5, 5.41) is 0. The number of rotatable bonds is 4. The monoisotopic (exact) mass is 269 g/mol. The summed E-state index contributed by atoms with van der Waals surface area (Å²) in [5.41, 5.74) is -0.0223. The maximum atomic E-state index is 12.8. The zero-order chi connectivity index (χ0) is 13.0. The molecule has 1 aliphatic heterocycles. The lowest BCUT2D eigenvalue weighted by Gasteiger charge is -2.39. The lowest BCUT2D eigenvalue weighted by atomic mass is 9.93. The Balaban J connectivity index is 1.92. The van der Waals surface area contributed by atoms with Gasteiger partial charge in [0.1, 0.15) is 5.82 Å². The van der Waals surface area contributed by atoms with Gasteiger partial charge in [-0.2, -0.15) is 0 Å². The third-order valence-electron chi connectivity index (χ3n) is 3.65. The number of benzene rings is 1. The zero-order valence-corrected chi connectivity index (χ0v) is 11.8. The standard InChI is InChI=1S/C14H20FNOS/c1-16-9-7-14(17-2,8-10-16)11-18-13-5-3-12(15)4-6-13/h3-6H,7-11H2,1-2H3. The Morgan fingerprint density at radius 1 is 1.28 bits per heavy atom. The molecule has 1 fully saturated rings. The molecule has 2 rings (SSSR count). The van der Waals surface area contributed by atoms with E-state index in [0.29, 0.717) is 0 Å². The summed E-state index contributed by atoms with van der Waals surface area (Å²) in [6, 6.07) is 6.68. The maximum absolute atomic E-state index is 12.8. The number of piperidine rings is 1. The third kappa shape index (κ3) is 3.46. The first-order chi connectivity index (χ1) is 8.63. The Hall–Kier alpha value is -0.580. The first-order valence-electron chi connectivity index (χ1n) is 6.26. The van der Waals surface area contributed by atoms with Crippen molar-refractivity contribution in [3.05, 3.63) is 30.1 Å². The van der Waals surface area contributed by atoms with Crippen LogP contribution >= 0.6 is 11.8 Å². The summed E-state index contributed by atoms with van der Waals surface area (Å²) >= 11 is 1.75. The van der Waals surface area contributed by atoms with Gasteiger partial charge in [0.15, 0.2) is 0 Å². The number of thioether (sulfide) groups is 1. The van der Waals surface area contributed by atoms with E-state index < -0.39 is 0 Å². The van der Waals surface area contributed by atoms with Crippen LogP contribution < -0.4 is 0 Å². The number of hydrogen-bond donors (Lipinski definition) is 0. The average Bonchev–Trinajstić information content (AvgIpc) is 2.41. The Morgan fingerprint density at radius 3 is 2.44 bits per heavy atom. The SMILES string of the molecule is COC1(CSc2ccc(F)cc2)CCN(C)CC1. The topological polar surface area (TPSA) is 12.5 Å². The highest BCUT2D eigenvalue weighted by molar-refractivity contribution is 7.99. The minimum Gasteiger partial charge on any atom is -0.377 e. The minimum absolute atomic E-state index is 0.0223. The van der Waals surface area contributed by atoms with Gasteiger partial charge < -0.3 is 9.64 Å². The molecule has 0 amide bonds. The molecule has 0 unspecified atom stereocenters. The van der Waals surface area contributed by atoms with Crippen molar-refractivity contribution in [1.29, 1.82) is 0 Å². The second-order valence-corrected chi connectivity index (χ2v) is 5.98. The van der Waals surface area contributed by atoms with Gasteiger partial charge >= 0.3 is 0 Å². The maximum Gasteiger partial charge on any atom is 0.123 e. The van der Waals surface area contributed by atoms with Gasteiger partial charge in [0.2, 0.25) is 0 Å². The summed E-state index contributed by atoms with van der Waals surface area (Å²) < 4.78 is 18.6. The van der Waals surface area contributed by atoms with E-state index in [1.165, 1.54) is 12.1 Å². The molecule has 0 saturated carbocycles. The molecule has 1 heterocycles. The number of methoxy groups -OCH3 is 1. The van der Waals surface area contributed by atoms with Crippen molar-refractivity contribution in [2.75, 3.05) is 33.0 Å². The second kappa shape index (κ2) is 6.04. The molecule has 4 heteroatoms. The molecule has 1 saturated heterocycles. The molecule has 0 bridgehead atoms. The largest absolute Gasteiger partial charge is 0.377 e. The van der Waals surface area contributed by atoms with Gasteiger partial charge in [-0.3, -0.25) is 0 Å². The van der Waals surface area contributed by atoms with Crippen LogP contribution in [-0.4, -0.2) is 43.5 Å². The van der Waals surface area contributed by atoms with Gasteiger partial charge in [-0.25, -0.2) is 4.39 Å². The molecule has 0 atom stereocenters. The summed E-state index contributed by atoms with van der Waals surface area (Å²) in [5.74, 6) is 0.753. The van der Waals surface area contributed by atoms with Gasteiger partial charge in [-0.05, 0) is 44.2 Å². The number of halogens is 1. The smallest absolute Gasteiger partial charge is 0.123 e. The number of hydrogen-bond acceptors (Lipinski definition) is 3. The van der Waals surface area contributed by atoms with Crippen LogP contribution in [0.1, 0.15) is 12.8 Å². The van der Waals surface area contributed by atoms with E-state index in [4.69, 9.17) is 4.74 Å². The number of nitrogens with zero attached hydrogens (tertiary/aromatic N) is 1. The highest BCUT2D eigenvalue weighted by atomic mass is 32.2. The van der Waals surface area contributed by atoms with Crippen molar-refractivity contribution in [2.45, 2.75) is 23.3 Å². The van der Waals surface area contributed by atoms with Crippen molar-refractivity contribution in [1.82, 2.24) is 4.90 Å². The normalized spacial score (nSPS) is 19.9. The Morgan fingerprint density at radius 2 is 1.89 bits per heavy atom. The van der Waals surface area contributed by atoms with Crippen LogP contribution in [0, 0.1) is 5.82 Å². The summed E-state index contributed by atoms with van der Waals surface area (Å²) in [6.45, 7) is 2.16. The van der Waals surface area contributed by atoms with Crippen LogP contribution in [0.5, 0.6) is 0 Å². The molecule has 100 valence electrons. The fourth-order valence-corrected chi connectivity index (χ4v) is 3.34. The van der Waals surface area contributed by atoms with Gasteiger partial charge in [0.05, 0.1) is 5.60 Å². The molecule has 0 spiro atoms. The molecule has 1 aromatic rings. The molecule has 0 aliphatic carbocycles. The molecule has 0 N–H and O–H groups in total. The van der Waals surface area contributed by atoms with Gasteiger partial charge in [-0.1, -0.05) is 0 Å². The van der Waals surface area contributed by atoms with E-state index in [1.54, 1.807) is 18.9 Å². The summed E-state index contributed by atoms with van der Waals surface area (Å²) in [4.78, 5) is 3.44. The zero-order valence-electron chi connectivity index (χ0n) is 11.0. The van der Waals surface area contributed by atoms with Gasteiger partial charge in [0.25, 0.3) is 0 Å². The fraction of sp³-hybridized carbons (Fsp3) is 0.571. The number of ether oxygens (including phenoxy) is 1. The molecule has 1 aromatic carbocycles. The highest BCUT2D eigenvalue weighted by Gasteiger charge is 2.33. The van der Waals surface area contributed by atoms with Crippen LogP contribution in [0.4, 0.5) is 4.39 Å². The van der Waals surface area contributed by atoms with Crippen molar-refractivity contribution >= 4 is 11.8 Å². The quantitative estimate of drug-likeness (QED) is 0.780. The van der Waals surface area contributed by atoms with Crippen molar-refractivity contribution < 1.29 is 9.13 Å². The van der Waals surface area contributed by atoms with E-state index in [1.807, 2.05) is 12.1 Å². The Bertz CT molecular complexity index is 374. The van der Waals surface area contributed by atoms with Crippen molar-refractivity contribution in [2.24, 2.45) is 0 Å². The first kappa shape index (κ1) is 13.8. The number of likely N-dealkylation sites (tertiary alicyclic amines) is 1. The van der Waals surface area contributed by atoms with Crippen LogP contribution in [0.15, 0.2) is 29.2 Å². The molecule has 18 heavy (non-hydrogen) atoms. The summed E-state index contributed by atoms with van der Waals surface area (Å²) in [6.07, 6.45) is 2.13. The molecular formula is C14H20FNOS. The lowest BCUT2D eigenvalue weighted by molar-refractivity contribution is -0.0343. The molecule has 2 nitrogen and oxygen atoms in total. The Kier molecular flexibility index (Phi) is 4.65.